The predicted molar refractivity (Wildman–Crippen MR) is 61.0 cm³/mol. The average Bonchev–Trinajstić information content (AvgIpc) is 2.48. The van der Waals surface area contributed by atoms with Crippen LogP contribution in [0.1, 0.15) is 20.3 Å². The summed E-state index contributed by atoms with van der Waals surface area (Å²) < 4.78 is 36.7. The van der Waals surface area contributed by atoms with Gasteiger partial charge in [0.05, 0.1) is 6.54 Å². The van der Waals surface area contributed by atoms with Gasteiger partial charge in [-0.15, -0.1) is 12.4 Å². The Morgan fingerprint density at radius 1 is 1.38 bits per heavy atom. The topological polar surface area (TPSA) is 15.3 Å². The van der Waals surface area contributed by atoms with Crippen LogP contribution >= 0.6 is 12.4 Å². The number of nitrogens with zero attached hydrogens (tertiary/aromatic N) is 1. The number of halogens is 4. The van der Waals surface area contributed by atoms with Gasteiger partial charge in [0.25, 0.3) is 0 Å². The van der Waals surface area contributed by atoms with E-state index in [0.29, 0.717) is 13.1 Å². The maximum atomic E-state index is 12.2. The van der Waals surface area contributed by atoms with Crippen molar-refractivity contribution in [1.82, 2.24) is 10.2 Å². The molecule has 0 saturated carbocycles. The maximum absolute atomic E-state index is 12.2. The third kappa shape index (κ3) is 5.37. The molecule has 0 radical (unpaired) electrons. The molecule has 1 rings (SSSR count). The van der Waals surface area contributed by atoms with Gasteiger partial charge in [-0.2, -0.15) is 13.2 Å². The second kappa shape index (κ2) is 6.07. The maximum Gasteiger partial charge on any atom is 0.401 e. The molecule has 1 fully saturated rings. The van der Waals surface area contributed by atoms with Crippen molar-refractivity contribution in [2.75, 3.05) is 32.7 Å². The first kappa shape index (κ1) is 16.0. The van der Waals surface area contributed by atoms with E-state index in [0.717, 1.165) is 19.5 Å². The minimum Gasteiger partial charge on any atom is -0.316 e. The summed E-state index contributed by atoms with van der Waals surface area (Å²) in [4.78, 5) is 1.48. The fraction of sp³-hybridized carbons (Fsp3) is 1.00. The van der Waals surface area contributed by atoms with E-state index in [1.807, 2.05) is 6.92 Å². The van der Waals surface area contributed by atoms with E-state index in [4.69, 9.17) is 0 Å². The highest BCUT2D eigenvalue weighted by Crippen LogP contribution is 2.27. The Bertz CT molecular complexity index is 203. The van der Waals surface area contributed by atoms with Crippen molar-refractivity contribution in [2.45, 2.75) is 26.4 Å². The van der Waals surface area contributed by atoms with Gasteiger partial charge in [-0.25, -0.2) is 0 Å². The molecule has 1 N–H and O–H groups in total. The van der Waals surface area contributed by atoms with Gasteiger partial charge in [-0.1, -0.05) is 13.8 Å². The predicted octanol–water partition coefficient (Wildman–Crippen LogP) is 2.29. The summed E-state index contributed by atoms with van der Waals surface area (Å²) in [6.45, 7) is 5.75. The van der Waals surface area contributed by atoms with Gasteiger partial charge >= 0.3 is 6.18 Å². The van der Waals surface area contributed by atoms with Crippen LogP contribution in [0.5, 0.6) is 0 Å². The molecule has 98 valence electrons. The van der Waals surface area contributed by atoms with Crippen molar-refractivity contribution < 1.29 is 13.2 Å². The third-order valence-electron chi connectivity index (χ3n) is 2.91. The molecule has 0 spiro atoms. The summed E-state index contributed by atoms with van der Waals surface area (Å²) in [5.74, 6) is 0. The molecule has 0 aliphatic carbocycles. The molecule has 0 amide bonds. The summed E-state index contributed by atoms with van der Waals surface area (Å²) >= 11 is 0. The van der Waals surface area contributed by atoms with Gasteiger partial charge < -0.3 is 5.32 Å². The lowest BCUT2D eigenvalue weighted by atomic mass is 9.89. The molecule has 1 saturated heterocycles. The van der Waals surface area contributed by atoms with Crippen LogP contribution in [0.4, 0.5) is 13.2 Å². The Hall–Kier alpha value is 0. The Morgan fingerprint density at radius 2 is 2.00 bits per heavy atom. The van der Waals surface area contributed by atoms with Crippen molar-refractivity contribution >= 4 is 12.4 Å². The highest BCUT2D eigenvalue weighted by atomic mass is 35.5. The lowest BCUT2D eigenvalue weighted by Crippen LogP contribution is -2.42. The molecule has 2 nitrogen and oxygen atoms in total. The van der Waals surface area contributed by atoms with E-state index in [1.165, 1.54) is 4.90 Å². The molecule has 1 atom stereocenters. The molecular formula is C10H20ClF3N2. The molecule has 0 aromatic carbocycles. The lowest BCUT2D eigenvalue weighted by molar-refractivity contribution is -0.148. The molecule has 0 aromatic heterocycles. The Kier molecular flexibility index (Phi) is 6.07. The fourth-order valence-electron chi connectivity index (χ4n) is 2.08. The first-order chi connectivity index (χ1) is 6.85. The van der Waals surface area contributed by atoms with E-state index in [2.05, 4.69) is 5.32 Å². The van der Waals surface area contributed by atoms with Gasteiger partial charge in [0.15, 0.2) is 0 Å². The van der Waals surface area contributed by atoms with Gasteiger partial charge in [-0.3, -0.25) is 4.90 Å². The molecule has 1 aliphatic heterocycles. The van der Waals surface area contributed by atoms with E-state index in [1.54, 1.807) is 6.92 Å². The number of nitrogens with one attached hydrogen (secondary N) is 1. The van der Waals surface area contributed by atoms with Crippen LogP contribution in [0, 0.1) is 5.41 Å². The van der Waals surface area contributed by atoms with Crippen molar-refractivity contribution in [3.63, 3.8) is 0 Å². The highest BCUT2D eigenvalue weighted by Gasteiger charge is 2.35. The number of hydrogen-bond donors (Lipinski definition) is 1. The second-order valence-corrected chi connectivity index (χ2v) is 4.66. The summed E-state index contributed by atoms with van der Waals surface area (Å²) in [6.07, 6.45) is -3.13. The lowest BCUT2D eigenvalue weighted by Gasteiger charge is -2.31. The Labute approximate surface area is 101 Å². The van der Waals surface area contributed by atoms with Crippen molar-refractivity contribution in [1.29, 1.82) is 0 Å². The standard InChI is InChI=1S/C10H19F3N2.ClH/c1-3-15(8-10(11,12)13)7-9(2)4-5-14-6-9;/h14H,3-8H2,1-2H3;1H. The highest BCUT2D eigenvalue weighted by molar-refractivity contribution is 5.85. The van der Waals surface area contributed by atoms with Gasteiger partial charge in [0, 0.05) is 13.1 Å². The summed E-state index contributed by atoms with van der Waals surface area (Å²) in [6, 6.07) is 0. The molecule has 0 bridgehead atoms. The van der Waals surface area contributed by atoms with E-state index in [9.17, 15) is 13.2 Å². The van der Waals surface area contributed by atoms with Crippen LogP contribution in [-0.2, 0) is 0 Å². The van der Waals surface area contributed by atoms with E-state index >= 15 is 0 Å². The summed E-state index contributed by atoms with van der Waals surface area (Å²) in [7, 11) is 0. The van der Waals surface area contributed by atoms with Gasteiger partial charge in [0.1, 0.15) is 0 Å². The molecule has 6 heteroatoms. The van der Waals surface area contributed by atoms with Crippen molar-refractivity contribution in [3.05, 3.63) is 0 Å². The molecule has 1 unspecified atom stereocenters. The Balaban J connectivity index is 0.00000225. The molecule has 1 heterocycles. The fourth-order valence-corrected chi connectivity index (χ4v) is 2.08. The Morgan fingerprint density at radius 3 is 2.38 bits per heavy atom. The zero-order valence-electron chi connectivity index (χ0n) is 9.73. The summed E-state index contributed by atoms with van der Waals surface area (Å²) in [5.41, 5.74) is 0.00125. The zero-order chi connectivity index (χ0) is 11.5. The molecule has 0 aromatic rings. The smallest absolute Gasteiger partial charge is 0.316 e. The number of hydrogen-bond acceptors (Lipinski definition) is 2. The van der Waals surface area contributed by atoms with Crippen LogP contribution in [0.15, 0.2) is 0 Å². The number of rotatable bonds is 4. The van der Waals surface area contributed by atoms with Gasteiger partial charge in [0.2, 0.25) is 0 Å². The van der Waals surface area contributed by atoms with Crippen molar-refractivity contribution in [3.8, 4) is 0 Å². The van der Waals surface area contributed by atoms with E-state index in [-0.39, 0.29) is 17.8 Å². The normalized spacial score (nSPS) is 25.9. The monoisotopic (exact) mass is 260 g/mol. The summed E-state index contributed by atoms with van der Waals surface area (Å²) in [5, 5.41) is 3.20. The molecule has 1 aliphatic rings. The van der Waals surface area contributed by atoms with Crippen LogP contribution in [0.2, 0.25) is 0 Å². The van der Waals surface area contributed by atoms with Crippen LogP contribution in [-0.4, -0.2) is 43.8 Å². The second-order valence-electron chi connectivity index (χ2n) is 4.66. The van der Waals surface area contributed by atoms with Crippen molar-refractivity contribution in [2.24, 2.45) is 5.41 Å². The van der Waals surface area contributed by atoms with Crippen LogP contribution < -0.4 is 5.32 Å². The third-order valence-corrected chi connectivity index (χ3v) is 2.91. The van der Waals surface area contributed by atoms with E-state index < -0.39 is 12.7 Å². The average molecular weight is 261 g/mol. The van der Waals surface area contributed by atoms with Crippen LogP contribution in [0.25, 0.3) is 0 Å². The van der Waals surface area contributed by atoms with Gasteiger partial charge in [-0.05, 0) is 24.9 Å². The molecule has 16 heavy (non-hydrogen) atoms. The first-order valence-corrected chi connectivity index (χ1v) is 5.34. The minimum atomic E-state index is -4.08. The largest absolute Gasteiger partial charge is 0.401 e. The first-order valence-electron chi connectivity index (χ1n) is 5.34. The SMILES string of the molecule is CCN(CC(F)(F)F)CC1(C)CCNC1.Cl. The minimum absolute atomic E-state index is 0. The number of alkyl halides is 3. The molecular weight excluding hydrogens is 241 g/mol. The zero-order valence-corrected chi connectivity index (χ0v) is 10.5. The van der Waals surface area contributed by atoms with Crippen LogP contribution in [0.3, 0.4) is 0 Å². The quantitative estimate of drug-likeness (QED) is 0.834.